The van der Waals surface area contributed by atoms with Crippen molar-refractivity contribution in [1.29, 1.82) is 0 Å². The van der Waals surface area contributed by atoms with Gasteiger partial charge in [0.15, 0.2) is 0 Å². The van der Waals surface area contributed by atoms with E-state index in [9.17, 15) is 9.90 Å². The van der Waals surface area contributed by atoms with Crippen molar-refractivity contribution in [3.05, 3.63) is 75.3 Å². The number of hydrogen-bond acceptors (Lipinski definition) is 4. The molecule has 6 heteroatoms. The molecule has 0 radical (unpaired) electrons. The fourth-order valence-corrected chi connectivity index (χ4v) is 3.84. The molecular formula is C22H23Cl2NO3. The first-order valence-corrected chi connectivity index (χ1v) is 9.96. The number of methoxy groups -OCH3 is 1. The molecule has 0 spiro atoms. The molecule has 148 valence electrons. The summed E-state index contributed by atoms with van der Waals surface area (Å²) in [5.41, 5.74) is 2.91. The molecule has 2 aromatic carbocycles. The summed E-state index contributed by atoms with van der Waals surface area (Å²) in [5.74, 6) is -0.373. The van der Waals surface area contributed by atoms with E-state index >= 15 is 0 Å². The summed E-state index contributed by atoms with van der Waals surface area (Å²) in [4.78, 5) is 13.5. The number of esters is 1. The molecule has 28 heavy (non-hydrogen) atoms. The number of β-amino-alcohol motifs (C(OH)–C–C–N with tert-alkyl or cyclic N) is 1. The summed E-state index contributed by atoms with van der Waals surface area (Å²) < 4.78 is 4.61. The van der Waals surface area contributed by atoms with Gasteiger partial charge in [0, 0.05) is 18.7 Å². The molecule has 1 aliphatic rings. The highest BCUT2D eigenvalue weighted by Crippen LogP contribution is 2.34. The Morgan fingerprint density at radius 3 is 2.68 bits per heavy atom. The van der Waals surface area contributed by atoms with E-state index in [1.165, 1.54) is 18.7 Å². The number of hydrogen-bond donors (Lipinski definition) is 1. The predicted molar refractivity (Wildman–Crippen MR) is 112 cm³/mol. The van der Waals surface area contributed by atoms with Crippen molar-refractivity contribution < 1.29 is 14.6 Å². The van der Waals surface area contributed by atoms with Crippen LogP contribution in [0.15, 0.2) is 48.5 Å². The molecule has 0 bridgehead atoms. The van der Waals surface area contributed by atoms with Crippen molar-refractivity contribution in [3.63, 3.8) is 0 Å². The van der Waals surface area contributed by atoms with Gasteiger partial charge in [-0.3, -0.25) is 4.90 Å². The van der Waals surface area contributed by atoms with Crippen molar-refractivity contribution in [2.24, 2.45) is 0 Å². The normalized spacial score (nSPS) is 18.5. The molecule has 1 fully saturated rings. The minimum Gasteiger partial charge on any atom is -0.466 e. The number of halogens is 2. The van der Waals surface area contributed by atoms with Crippen LogP contribution < -0.4 is 0 Å². The van der Waals surface area contributed by atoms with Crippen molar-refractivity contribution in [2.45, 2.75) is 25.0 Å². The Labute approximate surface area is 175 Å². The van der Waals surface area contributed by atoms with Gasteiger partial charge in [0.25, 0.3) is 0 Å². The predicted octanol–water partition coefficient (Wildman–Crippen LogP) is 5.05. The van der Waals surface area contributed by atoms with Gasteiger partial charge in [0.2, 0.25) is 0 Å². The van der Waals surface area contributed by atoms with Crippen LogP contribution in [0.25, 0.3) is 6.08 Å². The molecule has 1 saturated heterocycles. The number of carbonyl (C=O) groups excluding carboxylic acids is 1. The zero-order valence-electron chi connectivity index (χ0n) is 15.6. The third-order valence-corrected chi connectivity index (χ3v) is 5.77. The standard InChI is InChI=1S/C22H23Cl2NO3/c1-28-22(27)11-6-15-4-7-16(8-5-15)20-3-2-12-25(20)14-21(26)17-9-10-18(23)19(24)13-17/h4-11,13,20-21,26H,2-3,12,14H2,1H3/b11-6+/t20?,21-/m1/s1. The van der Waals surface area contributed by atoms with Gasteiger partial charge in [0.1, 0.15) is 0 Å². The largest absolute Gasteiger partial charge is 0.466 e. The maximum absolute atomic E-state index is 11.2. The van der Waals surface area contributed by atoms with Crippen LogP contribution in [0.4, 0.5) is 0 Å². The summed E-state index contributed by atoms with van der Waals surface area (Å²) in [6, 6.07) is 13.6. The SMILES string of the molecule is COC(=O)/C=C/c1ccc(C2CCCN2C[C@@H](O)c2ccc(Cl)c(Cl)c2)cc1. The number of aliphatic hydroxyl groups excluding tert-OH is 1. The quantitative estimate of drug-likeness (QED) is 0.525. The molecule has 1 heterocycles. The molecular weight excluding hydrogens is 397 g/mol. The molecule has 4 nitrogen and oxygen atoms in total. The second-order valence-corrected chi connectivity index (χ2v) is 7.68. The van der Waals surface area contributed by atoms with Gasteiger partial charge in [-0.2, -0.15) is 0 Å². The van der Waals surface area contributed by atoms with Crippen molar-refractivity contribution in [2.75, 3.05) is 20.2 Å². The van der Waals surface area contributed by atoms with Crippen LogP contribution >= 0.6 is 23.2 Å². The van der Waals surface area contributed by atoms with E-state index in [2.05, 4.69) is 21.8 Å². The van der Waals surface area contributed by atoms with Crippen LogP contribution in [-0.2, 0) is 9.53 Å². The number of carbonyl (C=O) groups is 1. The number of ether oxygens (including phenoxy) is 1. The number of likely N-dealkylation sites (tertiary alicyclic amines) is 1. The van der Waals surface area contributed by atoms with Gasteiger partial charge < -0.3 is 9.84 Å². The van der Waals surface area contributed by atoms with E-state index in [1.807, 2.05) is 18.2 Å². The fourth-order valence-electron chi connectivity index (χ4n) is 3.53. The van der Waals surface area contributed by atoms with Gasteiger partial charge in [-0.25, -0.2) is 4.79 Å². The number of aliphatic hydroxyl groups is 1. The minimum atomic E-state index is -0.627. The summed E-state index contributed by atoms with van der Waals surface area (Å²) in [7, 11) is 1.36. The average molecular weight is 420 g/mol. The molecule has 3 rings (SSSR count). The molecule has 1 unspecified atom stereocenters. The van der Waals surface area contributed by atoms with Gasteiger partial charge in [-0.1, -0.05) is 53.5 Å². The van der Waals surface area contributed by atoms with Crippen LogP contribution in [-0.4, -0.2) is 36.2 Å². The highest BCUT2D eigenvalue weighted by Gasteiger charge is 2.28. The number of benzene rings is 2. The van der Waals surface area contributed by atoms with Crippen LogP contribution in [0.1, 0.15) is 41.7 Å². The Kier molecular flexibility index (Phi) is 7.13. The Morgan fingerprint density at radius 1 is 1.25 bits per heavy atom. The zero-order valence-corrected chi connectivity index (χ0v) is 17.2. The van der Waals surface area contributed by atoms with Gasteiger partial charge in [0.05, 0.1) is 23.3 Å². The summed E-state index contributed by atoms with van der Waals surface area (Å²) >= 11 is 12.0. The molecule has 1 aliphatic heterocycles. The van der Waals surface area contributed by atoms with Crippen molar-refractivity contribution in [3.8, 4) is 0 Å². The molecule has 0 aromatic heterocycles. The summed E-state index contributed by atoms with van der Waals surface area (Å²) in [6.45, 7) is 1.47. The van der Waals surface area contributed by atoms with E-state index in [0.29, 0.717) is 16.6 Å². The molecule has 2 aromatic rings. The first kappa shape index (κ1) is 20.9. The Morgan fingerprint density at radius 2 is 2.00 bits per heavy atom. The zero-order chi connectivity index (χ0) is 20.1. The van der Waals surface area contributed by atoms with Crippen LogP contribution in [0, 0.1) is 0 Å². The highest BCUT2D eigenvalue weighted by molar-refractivity contribution is 6.42. The van der Waals surface area contributed by atoms with Gasteiger partial charge >= 0.3 is 5.97 Å². The van der Waals surface area contributed by atoms with E-state index < -0.39 is 6.10 Å². The monoisotopic (exact) mass is 419 g/mol. The lowest BCUT2D eigenvalue weighted by Gasteiger charge is -2.27. The maximum Gasteiger partial charge on any atom is 0.330 e. The molecule has 0 amide bonds. The lowest BCUT2D eigenvalue weighted by molar-refractivity contribution is -0.134. The topological polar surface area (TPSA) is 49.8 Å². The molecule has 2 atom stereocenters. The second-order valence-electron chi connectivity index (χ2n) is 6.87. The average Bonchev–Trinajstić information content (AvgIpc) is 3.16. The Bertz CT molecular complexity index is 851. The van der Waals surface area contributed by atoms with E-state index in [-0.39, 0.29) is 12.0 Å². The lowest BCUT2D eigenvalue weighted by atomic mass is 10.0. The number of rotatable bonds is 6. The number of nitrogens with zero attached hydrogens (tertiary/aromatic N) is 1. The molecule has 0 saturated carbocycles. The summed E-state index contributed by atoms with van der Waals surface area (Å²) in [6.07, 6.45) is 4.65. The van der Waals surface area contributed by atoms with Gasteiger partial charge in [-0.05, 0) is 54.3 Å². The third kappa shape index (κ3) is 5.15. The van der Waals surface area contributed by atoms with Crippen LogP contribution in [0.2, 0.25) is 10.0 Å². The highest BCUT2D eigenvalue weighted by atomic mass is 35.5. The van der Waals surface area contributed by atoms with Crippen molar-refractivity contribution >= 4 is 35.2 Å². The first-order valence-electron chi connectivity index (χ1n) is 9.21. The van der Waals surface area contributed by atoms with E-state index in [1.54, 1.807) is 18.2 Å². The van der Waals surface area contributed by atoms with Crippen LogP contribution in [0.3, 0.4) is 0 Å². The lowest BCUT2D eigenvalue weighted by Crippen LogP contribution is -2.28. The second kappa shape index (κ2) is 9.57. The molecule has 0 aliphatic carbocycles. The van der Waals surface area contributed by atoms with Gasteiger partial charge in [-0.15, -0.1) is 0 Å². The van der Waals surface area contributed by atoms with Crippen LogP contribution in [0.5, 0.6) is 0 Å². The smallest absolute Gasteiger partial charge is 0.330 e. The fraction of sp³-hybridized carbons (Fsp3) is 0.318. The molecule has 1 N–H and O–H groups in total. The minimum absolute atomic E-state index is 0.260. The Balaban J connectivity index is 1.67. The summed E-state index contributed by atoms with van der Waals surface area (Å²) in [5, 5.41) is 11.6. The Hall–Kier alpha value is -1.85. The van der Waals surface area contributed by atoms with Crippen molar-refractivity contribution in [1.82, 2.24) is 4.90 Å². The van der Waals surface area contributed by atoms with E-state index in [4.69, 9.17) is 23.2 Å². The first-order chi connectivity index (χ1) is 13.5. The van der Waals surface area contributed by atoms with E-state index in [0.717, 1.165) is 30.5 Å². The third-order valence-electron chi connectivity index (χ3n) is 5.03. The maximum atomic E-state index is 11.2.